The van der Waals surface area contributed by atoms with E-state index >= 15 is 0 Å². The Morgan fingerprint density at radius 2 is 1.71 bits per heavy atom. The maximum absolute atomic E-state index is 6.07. The van der Waals surface area contributed by atoms with Crippen LogP contribution in [0, 0.1) is 6.92 Å². The highest BCUT2D eigenvalue weighted by atomic mass is 79.9. The molecule has 0 heterocycles. The van der Waals surface area contributed by atoms with Crippen molar-refractivity contribution in [3.63, 3.8) is 0 Å². The van der Waals surface area contributed by atoms with Gasteiger partial charge in [0, 0.05) is 27.7 Å². The summed E-state index contributed by atoms with van der Waals surface area (Å²) in [4.78, 5) is 2.34. The molecule has 1 unspecified atom stereocenters. The smallest absolute Gasteiger partial charge is 0.0665 e. The Kier molecular flexibility index (Phi) is 5.85. The van der Waals surface area contributed by atoms with Crippen LogP contribution in [0.25, 0.3) is 0 Å². The summed E-state index contributed by atoms with van der Waals surface area (Å²) >= 11 is 7.09. The molecule has 0 saturated carbocycles. The van der Waals surface area contributed by atoms with Gasteiger partial charge in [-0.3, -0.25) is 0 Å². The van der Waals surface area contributed by atoms with Crippen molar-refractivity contribution in [3.8, 4) is 0 Å². The van der Waals surface area contributed by atoms with E-state index in [0.29, 0.717) is 6.54 Å². The summed E-state index contributed by atoms with van der Waals surface area (Å²) in [5.41, 5.74) is 9.76. The first kappa shape index (κ1) is 16.5. The summed E-state index contributed by atoms with van der Waals surface area (Å²) < 4.78 is 2.11. The standard InChI is InChI=1S/C17H20Br2N2/c1-3-21(14-7-4-12(2)5-8-14)17(11-20)13-6-9-15(18)16(19)10-13/h4-10,17H,3,11,20H2,1-2H3. The first-order valence-corrected chi connectivity index (χ1v) is 8.63. The molecular formula is C17H20Br2N2. The highest BCUT2D eigenvalue weighted by Crippen LogP contribution is 2.31. The van der Waals surface area contributed by atoms with Crippen LogP contribution in [-0.4, -0.2) is 13.1 Å². The molecule has 0 aliphatic carbocycles. The number of nitrogens with zero attached hydrogens (tertiary/aromatic N) is 1. The second kappa shape index (κ2) is 7.43. The zero-order chi connectivity index (χ0) is 15.4. The lowest BCUT2D eigenvalue weighted by Gasteiger charge is -2.32. The highest BCUT2D eigenvalue weighted by molar-refractivity contribution is 9.13. The third kappa shape index (κ3) is 3.87. The maximum Gasteiger partial charge on any atom is 0.0665 e. The largest absolute Gasteiger partial charge is 0.363 e. The topological polar surface area (TPSA) is 29.3 Å². The SMILES string of the molecule is CCN(c1ccc(C)cc1)C(CN)c1ccc(Br)c(Br)c1. The Balaban J connectivity index is 2.36. The van der Waals surface area contributed by atoms with Crippen molar-refractivity contribution >= 4 is 37.5 Å². The molecule has 112 valence electrons. The third-order valence-corrected chi connectivity index (χ3v) is 5.51. The van der Waals surface area contributed by atoms with Gasteiger partial charge in [0.05, 0.1) is 6.04 Å². The monoisotopic (exact) mass is 410 g/mol. The average molecular weight is 412 g/mol. The molecule has 0 radical (unpaired) electrons. The fourth-order valence-corrected chi connectivity index (χ4v) is 3.13. The maximum atomic E-state index is 6.07. The number of anilines is 1. The normalized spacial score (nSPS) is 12.2. The molecule has 2 nitrogen and oxygen atoms in total. The van der Waals surface area contributed by atoms with Crippen molar-refractivity contribution in [2.75, 3.05) is 18.0 Å². The first-order chi connectivity index (χ1) is 10.1. The van der Waals surface area contributed by atoms with Crippen molar-refractivity contribution < 1.29 is 0 Å². The quantitative estimate of drug-likeness (QED) is 0.745. The molecule has 2 aromatic carbocycles. The van der Waals surface area contributed by atoms with E-state index in [0.717, 1.165) is 15.5 Å². The molecule has 0 saturated heterocycles. The van der Waals surface area contributed by atoms with Crippen LogP contribution in [0.1, 0.15) is 24.1 Å². The lowest BCUT2D eigenvalue weighted by molar-refractivity contribution is 0.643. The Bertz CT molecular complexity index is 596. The van der Waals surface area contributed by atoms with Crippen molar-refractivity contribution in [2.24, 2.45) is 5.73 Å². The summed E-state index contributed by atoms with van der Waals surface area (Å²) in [6, 6.07) is 15.1. The van der Waals surface area contributed by atoms with E-state index in [4.69, 9.17) is 5.73 Å². The van der Waals surface area contributed by atoms with Gasteiger partial charge in [-0.2, -0.15) is 0 Å². The lowest BCUT2D eigenvalue weighted by Crippen LogP contribution is -2.33. The average Bonchev–Trinajstić information content (AvgIpc) is 2.49. The molecule has 4 heteroatoms. The Labute approximate surface area is 143 Å². The van der Waals surface area contributed by atoms with Crippen LogP contribution in [-0.2, 0) is 0 Å². The van der Waals surface area contributed by atoms with Crippen LogP contribution in [0.15, 0.2) is 51.4 Å². The molecule has 2 aromatic rings. The Hall–Kier alpha value is -0.840. The van der Waals surface area contributed by atoms with Gasteiger partial charge in [0.2, 0.25) is 0 Å². The molecule has 0 aromatic heterocycles. The summed E-state index contributed by atoms with van der Waals surface area (Å²) in [7, 11) is 0. The number of likely N-dealkylation sites (N-methyl/N-ethyl adjacent to an activating group) is 1. The molecule has 1 atom stereocenters. The molecule has 0 spiro atoms. The fourth-order valence-electron chi connectivity index (χ4n) is 2.48. The van der Waals surface area contributed by atoms with Crippen molar-refractivity contribution in [1.29, 1.82) is 0 Å². The minimum atomic E-state index is 0.169. The van der Waals surface area contributed by atoms with Gasteiger partial charge in [-0.15, -0.1) is 0 Å². The van der Waals surface area contributed by atoms with Crippen LogP contribution in [0.3, 0.4) is 0 Å². The molecule has 0 bridgehead atoms. The second-order valence-corrected chi connectivity index (χ2v) is 6.76. The van der Waals surface area contributed by atoms with E-state index in [1.54, 1.807) is 0 Å². The van der Waals surface area contributed by atoms with Gasteiger partial charge < -0.3 is 10.6 Å². The van der Waals surface area contributed by atoms with Gasteiger partial charge >= 0.3 is 0 Å². The van der Waals surface area contributed by atoms with E-state index in [2.05, 4.69) is 93.1 Å². The fraction of sp³-hybridized carbons (Fsp3) is 0.294. The van der Waals surface area contributed by atoms with Crippen molar-refractivity contribution in [1.82, 2.24) is 0 Å². The highest BCUT2D eigenvalue weighted by Gasteiger charge is 2.19. The number of hydrogen-bond donors (Lipinski definition) is 1. The number of aryl methyl sites for hydroxylation is 1. The van der Waals surface area contributed by atoms with Gasteiger partial charge in [-0.05, 0) is 75.5 Å². The van der Waals surface area contributed by atoms with E-state index in [1.807, 2.05) is 0 Å². The van der Waals surface area contributed by atoms with Crippen LogP contribution < -0.4 is 10.6 Å². The lowest BCUT2D eigenvalue weighted by atomic mass is 10.0. The van der Waals surface area contributed by atoms with Crippen LogP contribution in [0.2, 0.25) is 0 Å². The number of benzene rings is 2. The van der Waals surface area contributed by atoms with Gasteiger partial charge in [-0.25, -0.2) is 0 Å². The summed E-state index contributed by atoms with van der Waals surface area (Å²) in [5.74, 6) is 0. The third-order valence-electron chi connectivity index (χ3n) is 3.63. The van der Waals surface area contributed by atoms with E-state index in [-0.39, 0.29) is 6.04 Å². The van der Waals surface area contributed by atoms with Crippen molar-refractivity contribution in [3.05, 3.63) is 62.5 Å². The molecule has 2 rings (SSSR count). The predicted molar refractivity (Wildman–Crippen MR) is 97.8 cm³/mol. The van der Waals surface area contributed by atoms with Crippen LogP contribution >= 0.6 is 31.9 Å². The summed E-state index contributed by atoms with van der Waals surface area (Å²) in [6.07, 6.45) is 0. The number of halogens is 2. The minimum Gasteiger partial charge on any atom is -0.363 e. The molecular weight excluding hydrogens is 392 g/mol. The van der Waals surface area contributed by atoms with E-state index in [9.17, 15) is 0 Å². The second-order valence-electron chi connectivity index (χ2n) is 5.05. The zero-order valence-corrected chi connectivity index (χ0v) is 15.5. The molecule has 0 fully saturated rings. The molecule has 21 heavy (non-hydrogen) atoms. The van der Waals surface area contributed by atoms with Gasteiger partial charge in [0.15, 0.2) is 0 Å². The number of hydrogen-bond acceptors (Lipinski definition) is 2. The molecule has 0 aliphatic rings. The van der Waals surface area contributed by atoms with Gasteiger partial charge in [-0.1, -0.05) is 23.8 Å². The molecule has 2 N–H and O–H groups in total. The van der Waals surface area contributed by atoms with E-state index < -0.39 is 0 Å². The predicted octanol–water partition coefficient (Wildman–Crippen LogP) is 5.05. The first-order valence-electron chi connectivity index (χ1n) is 7.05. The molecule has 0 aliphatic heterocycles. The number of rotatable bonds is 5. The zero-order valence-electron chi connectivity index (χ0n) is 12.3. The molecule has 0 amide bonds. The van der Waals surface area contributed by atoms with Crippen LogP contribution in [0.5, 0.6) is 0 Å². The summed E-state index contributed by atoms with van der Waals surface area (Å²) in [5, 5.41) is 0. The van der Waals surface area contributed by atoms with Crippen LogP contribution in [0.4, 0.5) is 5.69 Å². The van der Waals surface area contributed by atoms with Crippen molar-refractivity contribution in [2.45, 2.75) is 19.9 Å². The Morgan fingerprint density at radius 1 is 1.05 bits per heavy atom. The van der Waals surface area contributed by atoms with E-state index in [1.165, 1.54) is 16.8 Å². The Morgan fingerprint density at radius 3 is 2.24 bits per heavy atom. The van der Waals surface area contributed by atoms with Gasteiger partial charge in [0.1, 0.15) is 0 Å². The number of nitrogens with two attached hydrogens (primary N) is 1. The minimum absolute atomic E-state index is 0.169. The summed E-state index contributed by atoms with van der Waals surface area (Å²) in [6.45, 7) is 5.76. The van der Waals surface area contributed by atoms with Gasteiger partial charge in [0.25, 0.3) is 0 Å².